The van der Waals surface area contributed by atoms with Crippen molar-refractivity contribution in [3.63, 3.8) is 0 Å². The molecule has 0 spiro atoms. The molecule has 3 rings (SSSR count). The van der Waals surface area contributed by atoms with Crippen LogP contribution in [0.15, 0.2) is 46.0 Å². The first-order valence-electron chi connectivity index (χ1n) is 7.56. The van der Waals surface area contributed by atoms with Crippen molar-refractivity contribution < 1.29 is 18.3 Å². The van der Waals surface area contributed by atoms with Crippen LogP contribution in [0.3, 0.4) is 0 Å². The first kappa shape index (κ1) is 16.9. The molecule has 24 heavy (non-hydrogen) atoms. The van der Waals surface area contributed by atoms with Gasteiger partial charge in [0.1, 0.15) is 4.21 Å². The number of piperazine rings is 1. The molecule has 0 saturated carbocycles. The Morgan fingerprint density at radius 3 is 2.50 bits per heavy atom. The largest absolute Gasteiger partial charge is 0.481 e. The van der Waals surface area contributed by atoms with Crippen LogP contribution in [0.25, 0.3) is 0 Å². The molecule has 1 aromatic carbocycles. The summed E-state index contributed by atoms with van der Waals surface area (Å²) < 4.78 is 26.9. The Balaban J connectivity index is 1.68. The zero-order valence-corrected chi connectivity index (χ0v) is 14.6. The summed E-state index contributed by atoms with van der Waals surface area (Å²) in [6.45, 7) is 2.01. The predicted octanol–water partition coefficient (Wildman–Crippen LogP) is 1.89. The third-order valence-corrected chi connectivity index (χ3v) is 7.23. The van der Waals surface area contributed by atoms with Crippen LogP contribution in [0, 0.1) is 0 Å². The highest BCUT2D eigenvalue weighted by Crippen LogP contribution is 2.24. The number of carbonyl (C=O) groups is 1. The van der Waals surface area contributed by atoms with Gasteiger partial charge in [-0.2, -0.15) is 4.31 Å². The fraction of sp³-hybridized carbons (Fsp3) is 0.312. The van der Waals surface area contributed by atoms with E-state index in [0.29, 0.717) is 30.4 Å². The predicted molar refractivity (Wildman–Crippen MR) is 93.1 cm³/mol. The molecule has 0 atom stereocenters. The number of rotatable bonds is 5. The van der Waals surface area contributed by atoms with Gasteiger partial charge in [0.05, 0.1) is 6.42 Å². The van der Waals surface area contributed by atoms with Gasteiger partial charge in [-0.1, -0.05) is 18.2 Å². The second-order valence-corrected chi connectivity index (χ2v) is 8.68. The van der Waals surface area contributed by atoms with Crippen LogP contribution in [0.2, 0.25) is 0 Å². The van der Waals surface area contributed by atoms with Crippen LogP contribution in [-0.4, -0.2) is 50.0 Å². The minimum Gasteiger partial charge on any atom is -0.481 e. The number of nitrogens with zero attached hydrogens (tertiary/aromatic N) is 2. The minimum absolute atomic E-state index is 0.0133. The van der Waals surface area contributed by atoms with Gasteiger partial charge >= 0.3 is 5.97 Å². The van der Waals surface area contributed by atoms with Gasteiger partial charge in [0.15, 0.2) is 0 Å². The number of anilines is 1. The normalized spacial score (nSPS) is 16.2. The van der Waals surface area contributed by atoms with Crippen molar-refractivity contribution in [2.75, 3.05) is 31.1 Å². The van der Waals surface area contributed by atoms with E-state index in [1.165, 1.54) is 15.6 Å². The Morgan fingerprint density at radius 2 is 1.88 bits per heavy atom. The summed E-state index contributed by atoms with van der Waals surface area (Å²) in [6, 6.07) is 10.8. The van der Waals surface area contributed by atoms with Gasteiger partial charge in [0.25, 0.3) is 10.0 Å². The Morgan fingerprint density at radius 1 is 1.12 bits per heavy atom. The number of benzene rings is 1. The molecule has 2 aromatic rings. The third-order valence-electron chi connectivity index (χ3n) is 3.96. The van der Waals surface area contributed by atoms with E-state index in [0.717, 1.165) is 11.3 Å². The minimum atomic E-state index is -3.40. The van der Waals surface area contributed by atoms with Gasteiger partial charge in [0, 0.05) is 31.9 Å². The van der Waals surface area contributed by atoms with Gasteiger partial charge in [-0.05, 0) is 29.1 Å². The molecular formula is C16H18N2O4S2. The Kier molecular flexibility index (Phi) is 4.88. The summed E-state index contributed by atoms with van der Waals surface area (Å²) in [6.07, 6.45) is -0.0133. The van der Waals surface area contributed by atoms with Crippen molar-refractivity contribution in [1.82, 2.24) is 4.31 Å². The number of aliphatic carboxylic acids is 1. The lowest BCUT2D eigenvalue weighted by Crippen LogP contribution is -2.48. The van der Waals surface area contributed by atoms with Crippen LogP contribution in [0.4, 0.5) is 5.69 Å². The first-order chi connectivity index (χ1) is 11.5. The van der Waals surface area contributed by atoms with E-state index in [1.54, 1.807) is 23.6 Å². The number of thiophene rings is 1. The molecule has 1 aliphatic rings. The maximum Gasteiger partial charge on any atom is 0.307 e. The van der Waals surface area contributed by atoms with E-state index in [-0.39, 0.29) is 6.42 Å². The zero-order chi connectivity index (χ0) is 17.2. The van der Waals surface area contributed by atoms with Crippen molar-refractivity contribution in [1.29, 1.82) is 0 Å². The number of carboxylic acids is 1. The average molecular weight is 366 g/mol. The fourth-order valence-electron chi connectivity index (χ4n) is 2.76. The van der Waals surface area contributed by atoms with E-state index >= 15 is 0 Å². The summed E-state index contributed by atoms with van der Waals surface area (Å²) in [7, 11) is -3.40. The van der Waals surface area contributed by atoms with Crippen molar-refractivity contribution in [2.45, 2.75) is 10.6 Å². The van der Waals surface area contributed by atoms with Gasteiger partial charge in [-0.25, -0.2) is 8.42 Å². The third kappa shape index (κ3) is 3.61. The molecule has 6 nitrogen and oxygen atoms in total. The summed E-state index contributed by atoms with van der Waals surface area (Å²) in [5, 5.41) is 10.7. The summed E-state index contributed by atoms with van der Waals surface area (Å²) >= 11 is 1.23. The highest BCUT2D eigenvalue weighted by molar-refractivity contribution is 7.91. The molecule has 8 heteroatoms. The van der Waals surface area contributed by atoms with Crippen molar-refractivity contribution >= 4 is 33.0 Å². The van der Waals surface area contributed by atoms with Crippen LogP contribution in [-0.2, 0) is 21.2 Å². The van der Waals surface area contributed by atoms with Crippen LogP contribution in [0.5, 0.6) is 0 Å². The summed E-state index contributed by atoms with van der Waals surface area (Å²) in [5.41, 5.74) is 1.68. The second kappa shape index (κ2) is 6.92. The molecular weight excluding hydrogens is 348 g/mol. The summed E-state index contributed by atoms with van der Waals surface area (Å²) in [5.74, 6) is -0.862. The SMILES string of the molecule is O=C(O)Cc1cccc(N2CCN(S(=O)(=O)c3cccs3)CC2)c1. The van der Waals surface area contributed by atoms with E-state index < -0.39 is 16.0 Å². The molecule has 0 aliphatic carbocycles. The topological polar surface area (TPSA) is 77.9 Å². The molecule has 1 fully saturated rings. The molecule has 0 bridgehead atoms. The maximum atomic E-state index is 12.5. The van der Waals surface area contributed by atoms with Crippen LogP contribution < -0.4 is 4.90 Å². The quantitative estimate of drug-likeness (QED) is 0.874. The smallest absolute Gasteiger partial charge is 0.307 e. The Labute approximate surface area is 145 Å². The number of carboxylic acid groups (broad SMARTS) is 1. The highest BCUT2D eigenvalue weighted by atomic mass is 32.2. The monoisotopic (exact) mass is 366 g/mol. The second-order valence-electron chi connectivity index (χ2n) is 5.56. The molecule has 0 amide bonds. The van der Waals surface area contributed by atoms with Crippen molar-refractivity contribution in [3.8, 4) is 0 Å². The lowest BCUT2D eigenvalue weighted by molar-refractivity contribution is -0.136. The first-order valence-corrected chi connectivity index (χ1v) is 9.88. The molecule has 1 saturated heterocycles. The number of sulfonamides is 1. The van der Waals surface area contributed by atoms with E-state index in [2.05, 4.69) is 4.90 Å². The standard InChI is InChI=1S/C16H18N2O4S2/c19-15(20)12-13-3-1-4-14(11-13)17-6-8-18(9-7-17)24(21,22)16-5-2-10-23-16/h1-5,10-11H,6-9,12H2,(H,19,20). The van der Waals surface area contributed by atoms with Crippen LogP contribution in [0.1, 0.15) is 5.56 Å². The molecule has 128 valence electrons. The average Bonchev–Trinajstić information content (AvgIpc) is 3.10. The molecule has 0 radical (unpaired) electrons. The number of hydrogen-bond donors (Lipinski definition) is 1. The molecule has 2 heterocycles. The van der Waals surface area contributed by atoms with Crippen LogP contribution >= 0.6 is 11.3 Å². The van der Waals surface area contributed by atoms with Gasteiger partial charge < -0.3 is 10.0 Å². The van der Waals surface area contributed by atoms with Gasteiger partial charge in [-0.3, -0.25) is 4.79 Å². The Bertz CT molecular complexity index is 810. The zero-order valence-electron chi connectivity index (χ0n) is 13.0. The Hall–Kier alpha value is -1.90. The molecule has 1 N–H and O–H groups in total. The lowest BCUT2D eigenvalue weighted by atomic mass is 10.1. The summed E-state index contributed by atoms with van der Waals surface area (Å²) in [4.78, 5) is 12.9. The molecule has 1 aromatic heterocycles. The van der Waals surface area contributed by atoms with E-state index in [1.807, 2.05) is 18.2 Å². The van der Waals surface area contributed by atoms with E-state index in [9.17, 15) is 13.2 Å². The molecule has 1 aliphatic heterocycles. The highest BCUT2D eigenvalue weighted by Gasteiger charge is 2.29. The maximum absolute atomic E-state index is 12.5. The number of hydrogen-bond acceptors (Lipinski definition) is 5. The van der Waals surface area contributed by atoms with E-state index in [4.69, 9.17) is 5.11 Å². The van der Waals surface area contributed by atoms with Crippen molar-refractivity contribution in [2.24, 2.45) is 0 Å². The molecule has 0 unspecified atom stereocenters. The lowest BCUT2D eigenvalue weighted by Gasteiger charge is -2.35. The fourth-order valence-corrected chi connectivity index (χ4v) is 5.33. The van der Waals surface area contributed by atoms with Gasteiger partial charge in [0.2, 0.25) is 0 Å². The van der Waals surface area contributed by atoms with Gasteiger partial charge in [-0.15, -0.1) is 11.3 Å². The van der Waals surface area contributed by atoms with Crippen molar-refractivity contribution in [3.05, 3.63) is 47.3 Å².